The monoisotopic (exact) mass is 353 g/mol. The third-order valence-electron chi connectivity index (χ3n) is 3.90. The number of rotatable bonds is 5. The Balaban J connectivity index is 1.89. The number of hydrogen-bond donors (Lipinski definition) is 3. The zero-order chi connectivity index (χ0) is 18.1. The Morgan fingerprint density at radius 1 is 1.44 bits per heavy atom. The molecule has 1 saturated heterocycles. The van der Waals surface area contributed by atoms with Gasteiger partial charge in [-0.1, -0.05) is 0 Å². The van der Waals surface area contributed by atoms with Gasteiger partial charge in [-0.25, -0.2) is 4.79 Å². The minimum atomic E-state index is -0.937. The maximum atomic E-state index is 12.0. The number of aromatic nitrogens is 4. The third-order valence-corrected chi connectivity index (χ3v) is 3.90. The summed E-state index contributed by atoms with van der Waals surface area (Å²) in [5, 5.41) is 29.5. The molecule has 1 aliphatic heterocycles. The molecule has 12 nitrogen and oxygen atoms in total. The normalized spacial score (nSPS) is 23.0. The van der Waals surface area contributed by atoms with Crippen LogP contribution < -0.4 is 11.2 Å². The van der Waals surface area contributed by atoms with Crippen LogP contribution in [0.4, 0.5) is 5.82 Å². The van der Waals surface area contributed by atoms with Crippen LogP contribution in [-0.2, 0) is 11.3 Å². The number of nitro groups is 1. The van der Waals surface area contributed by atoms with Crippen molar-refractivity contribution in [2.75, 3.05) is 6.61 Å². The van der Waals surface area contributed by atoms with Gasteiger partial charge in [-0.05, 0) is 9.91 Å². The molecule has 1 unspecified atom stereocenters. The quantitative estimate of drug-likeness (QED) is 0.424. The predicted molar refractivity (Wildman–Crippen MR) is 80.9 cm³/mol. The summed E-state index contributed by atoms with van der Waals surface area (Å²) in [5.41, 5.74) is -1.21. The molecule has 3 N–H and O–H groups in total. The lowest BCUT2D eigenvalue weighted by atomic mass is 10.2. The molecule has 3 rings (SSSR count). The number of nitrogens with one attached hydrogen (secondary N) is 1. The van der Waals surface area contributed by atoms with Crippen molar-refractivity contribution in [2.45, 2.75) is 31.4 Å². The van der Waals surface area contributed by atoms with Crippen molar-refractivity contribution in [2.24, 2.45) is 0 Å². The van der Waals surface area contributed by atoms with Crippen molar-refractivity contribution in [1.82, 2.24) is 19.1 Å². The van der Waals surface area contributed by atoms with Gasteiger partial charge in [0.25, 0.3) is 5.56 Å². The van der Waals surface area contributed by atoms with Crippen molar-refractivity contribution < 1.29 is 19.9 Å². The average Bonchev–Trinajstić information content (AvgIpc) is 3.16. The molecule has 0 saturated carbocycles. The van der Waals surface area contributed by atoms with Gasteiger partial charge in [0.05, 0.1) is 24.8 Å². The van der Waals surface area contributed by atoms with E-state index in [1.54, 1.807) is 0 Å². The Kier molecular flexibility index (Phi) is 4.48. The molecule has 25 heavy (non-hydrogen) atoms. The number of H-pyrrole nitrogens is 1. The second-order valence-corrected chi connectivity index (χ2v) is 5.60. The summed E-state index contributed by atoms with van der Waals surface area (Å²) < 4.78 is 7.85. The standard InChI is InChI=1S/C13H15N5O7/c19-5-9-8(20)1-11(25-9)17-3-7(12(21)15-13(17)22)2-16-4-10(14-6-16)18(23)24/h3-4,6,8-9,11,19-20H,1-2,5H2,(H,15,21,22)/t8?,9-,11-/m1/s1. The summed E-state index contributed by atoms with van der Waals surface area (Å²) in [6.45, 7) is -0.448. The van der Waals surface area contributed by atoms with Crippen molar-refractivity contribution in [3.8, 4) is 0 Å². The SMILES string of the molecule is O=c1[nH]c(=O)n([C@H]2CC(O)[C@@H](CO)O2)cc1Cn1cnc([N+](=O)[O-])c1. The highest BCUT2D eigenvalue weighted by molar-refractivity contribution is 5.15. The van der Waals surface area contributed by atoms with E-state index in [1.807, 2.05) is 0 Å². The highest BCUT2D eigenvalue weighted by atomic mass is 16.6. The van der Waals surface area contributed by atoms with E-state index < -0.39 is 41.2 Å². The predicted octanol–water partition coefficient (Wildman–Crippen LogP) is -1.67. The summed E-state index contributed by atoms with van der Waals surface area (Å²) in [5.74, 6) is -0.363. The molecule has 134 valence electrons. The van der Waals surface area contributed by atoms with E-state index in [2.05, 4.69) is 9.97 Å². The van der Waals surface area contributed by atoms with Crippen LogP contribution in [0, 0.1) is 10.1 Å². The number of aromatic amines is 1. The van der Waals surface area contributed by atoms with Crippen LogP contribution in [0.3, 0.4) is 0 Å². The zero-order valence-corrected chi connectivity index (χ0v) is 12.8. The first-order valence-corrected chi connectivity index (χ1v) is 7.34. The Morgan fingerprint density at radius 3 is 2.80 bits per heavy atom. The maximum Gasteiger partial charge on any atom is 0.381 e. The van der Waals surface area contributed by atoms with Crippen molar-refractivity contribution in [3.63, 3.8) is 0 Å². The van der Waals surface area contributed by atoms with Gasteiger partial charge in [-0.15, -0.1) is 0 Å². The highest BCUT2D eigenvalue weighted by Crippen LogP contribution is 2.27. The van der Waals surface area contributed by atoms with Gasteiger partial charge < -0.3 is 29.6 Å². The van der Waals surface area contributed by atoms with Crippen LogP contribution in [-0.4, -0.2) is 53.1 Å². The number of imidazole rings is 1. The highest BCUT2D eigenvalue weighted by Gasteiger charge is 2.35. The molecule has 12 heteroatoms. The fourth-order valence-corrected chi connectivity index (χ4v) is 2.63. The van der Waals surface area contributed by atoms with Crippen LogP contribution in [0.5, 0.6) is 0 Å². The lowest BCUT2D eigenvalue weighted by Crippen LogP contribution is -2.34. The van der Waals surface area contributed by atoms with Crippen molar-refractivity contribution in [1.29, 1.82) is 0 Å². The molecule has 0 amide bonds. The molecule has 0 aromatic carbocycles. The van der Waals surface area contributed by atoms with E-state index in [0.29, 0.717) is 0 Å². The fourth-order valence-electron chi connectivity index (χ4n) is 2.63. The van der Waals surface area contributed by atoms with E-state index in [0.717, 1.165) is 10.8 Å². The van der Waals surface area contributed by atoms with Gasteiger partial charge in [0, 0.05) is 12.6 Å². The fraction of sp³-hybridized carbons (Fsp3) is 0.462. The van der Waals surface area contributed by atoms with E-state index in [4.69, 9.17) is 9.84 Å². The first kappa shape index (κ1) is 17.0. The van der Waals surface area contributed by atoms with E-state index in [9.17, 15) is 24.8 Å². The molecule has 0 radical (unpaired) electrons. The largest absolute Gasteiger partial charge is 0.394 e. The van der Waals surface area contributed by atoms with Crippen LogP contribution in [0.1, 0.15) is 18.2 Å². The number of nitrogens with zero attached hydrogens (tertiary/aromatic N) is 4. The lowest BCUT2D eigenvalue weighted by Gasteiger charge is -2.15. The summed E-state index contributed by atoms with van der Waals surface area (Å²) >= 11 is 0. The second kappa shape index (κ2) is 6.58. The van der Waals surface area contributed by atoms with Gasteiger partial charge in [-0.3, -0.25) is 14.3 Å². The molecule has 0 bridgehead atoms. The summed E-state index contributed by atoms with van der Waals surface area (Å²) in [7, 11) is 0. The maximum absolute atomic E-state index is 12.0. The molecule has 0 aliphatic carbocycles. The summed E-state index contributed by atoms with van der Waals surface area (Å²) in [6, 6.07) is 0. The van der Waals surface area contributed by atoms with Crippen LogP contribution in [0.25, 0.3) is 0 Å². The third kappa shape index (κ3) is 3.35. The van der Waals surface area contributed by atoms with Gasteiger partial charge in [0.2, 0.25) is 6.33 Å². The minimum Gasteiger partial charge on any atom is -0.394 e. The Bertz CT molecular complexity index is 901. The number of hydrogen-bond acceptors (Lipinski definition) is 8. The van der Waals surface area contributed by atoms with Crippen LogP contribution in [0.2, 0.25) is 0 Å². The van der Waals surface area contributed by atoms with Gasteiger partial charge in [-0.2, -0.15) is 0 Å². The first-order chi connectivity index (χ1) is 11.9. The Morgan fingerprint density at radius 2 is 2.20 bits per heavy atom. The number of aliphatic hydroxyl groups is 2. The molecule has 1 fully saturated rings. The van der Waals surface area contributed by atoms with Crippen LogP contribution >= 0.6 is 0 Å². The molecule has 2 aromatic rings. The van der Waals surface area contributed by atoms with Crippen LogP contribution in [0.15, 0.2) is 28.3 Å². The molecule has 2 aromatic heterocycles. The first-order valence-electron chi connectivity index (χ1n) is 7.34. The lowest BCUT2D eigenvalue weighted by molar-refractivity contribution is -0.389. The van der Waals surface area contributed by atoms with E-state index in [-0.39, 0.29) is 24.3 Å². The molecular weight excluding hydrogens is 338 g/mol. The molecule has 3 atom stereocenters. The average molecular weight is 353 g/mol. The molecule has 1 aliphatic rings. The molecular formula is C13H15N5O7. The summed E-state index contributed by atoms with van der Waals surface area (Å²) in [4.78, 5) is 39.7. The van der Waals surface area contributed by atoms with Crippen molar-refractivity contribution >= 4 is 5.82 Å². The minimum absolute atomic E-state index is 0.0465. The van der Waals surface area contributed by atoms with Gasteiger partial charge >= 0.3 is 11.5 Å². The van der Waals surface area contributed by atoms with E-state index >= 15 is 0 Å². The van der Waals surface area contributed by atoms with Gasteiger partial charge in [0.1, 0.15) is 18.5 Å². The van der Waals surface area contributed by atoms with Gasteiger partial charge in [0.15, 0.2) is 0 Å². The van der Waals surface area contributed by atoms with E-state index in [1.165, 1.54) is 17.1 Å². The molecule has 0 spiro atoms. The number of aliphatic hydroxyl groups excluding tert-OH is 2. The Labute approximate surface area is 139 Å². The Hall–Kier alpha value is -2.83. The number of ether oxygens (including phenoxy) is 1. The second-order valence-electron chi connectivity index (χ2n) is 5.60. The summed E-state index contributed by atoms with van der Waals surface area (Å²) in [6.07, 6.45) is 1.11. The topological polar surface area (TPSA) is 166 Å². The zero-order valence-electron chi connectivity index (χ0n) is 12.8. The smallest absolute Gasteiger partial charge is 0.381 e. The van der Waals surface area contributed by atoms with Crippen molar-refractivity contribution in [3.05, 3.63) is 55.2 Å². The molecule has 3 heterocycles.